The van der Waals surface area contributed by atoms with Crippen LogP contribution in [0.5, 0.6) is 0 Å². The fourth-order valence-electron chi connectivity index (χ4n) is 2.39. The van der Waals surface area contributed by atoms with Crippen LogP contribution in [0.4, 0.5) is 0 Å². The first-order valence-corrected chi connectivity index (χ1v) is 5.82. The van der Waals surface area contributed by atoms with Crippen LogP contribution in [0.3, 0.4) is 0 Å². The molecule has 16 heavy (non-hydrogen) atoms. The number of halogens is 1. The van der Waals surface area contributed by atoms with Crippen molar-refractivity contribution in [2.45, 2.75) is 38.5 Å². The number of rotatable bonds is 3. The number of aliphatic carboxylic acids is 1. The van der Waals surface area contributed by atoms with Crippen molar-refractivity contribution in [3.8, 4) is 0 Å². The van der Waals surface area contributed by atoms with E-state index in [1.165, 1.54) is 5.56 Å². The van der Waals surface area contributed by atoms with E-state index in [9.17, 15) is 4.79 Å². The minimum Gasteiger partial charge on any atom is -0.481 e. The van der Waals surface area contributed by atoms with Gasteiger partial charge in [0.15, 0.2) is 0 Å². The monoisotopic (exact) mass is 238 g/mol. The van der Waals surface area contributed by atoms with E-state index >= 15 is 0 Å². The summed E-state index contributed by atoms with van der Waals surface area (Å²) in [5.74, 6) is -0.741. The summed E-state index contributed by atoms with van der Waals surface area (Å²) in [4.78, 5) is 10.9. The Kier molecular flexibility index (Phi) is 2.70. The zero-order chi connectivity index (χ0) is 11.9. The van der Waals surface area contributed by atoms with Crippen LogP contribution < -0.4 is 0 Å². The molecule has 2 nitrogen and oxygen atoms in total. The summed E-state index contributed by atoms with van der Waals surface area (Å²) < 4.78 is 0. The van der Waals surface area contributed by atoms with Gasteiger partial charge in [0, 0.05) is 10.4 Å². The number of benzene rings is 1. The summed E-state index contributed by atoms with van der Waals surface area (Å²) in [5, 5.41) is 9.67. The van der Waals surface area contributed by atoms with Crippen molar-refractivity contribution in [3.63, 3.8) is 0 Å². The highest BCUT2D eigenvalue weighted by atomic mass is 35.5. The van der Waals surface area contributed by atoms with E-state index in [0.717, 1.165) is 24.0 Å². The summed E-state index contributed by atoms with van der Waals surface area (Å²) in [6, 6.07) is 3.86. The second-order valence-corrected chi connectivity index (χ2v) is 5.12. The van der Waals surface area contributed by atoms with Gasteiger partial charge >= 0.3 is 5.97 Å². The maximum absolute atomic E-state index is 10.9. The Bertz CT molecular complexity index is 447. The maximum atomic E-state index is 10.9. The molecule has 0 heterocycles. The van der Waals surface area contributed by atoms with E-state index in [4.69, 9.17) is 16.7 Å². The molecule has 2 rings (SSSR count). The van der Waals surface area contributed by atoms with Crippen LogP contribution in [0.15, 0.2) is 12.1 Å². The van der Waals surface area contributed by atoms with Crippen LogP contribution in [0.1, 0.15) is 36.0 Å². The highest BCUT2D eigenvalue weighted by Crippen LogP contribution is 2.54. The van der Waals surface area contributed by atoms with Gasteiger partial charge in [0.1, 0.15) is 0 Å². The van der Waals surface area contributed by atoms with Gasteiger partial charge in [-0.15, -0.1) is 0 Å². The molecule has 0 spiro atoms. The topological polar surface area (TPSA) is 37.3 Å². The van der Waals surface area contributed by atoms with Crippen molar-refractivity contribution in [3.05, 3.63) is 33.8 Å². The summed E-state index contributed by atoms with van der Waals surface area (Å²) >= 11 is 6.22. The lowest BCUT2D eigenvalue weighted by Crippen LogP contribution is -2.15. The lowest BCUT2D eigenvalue weighted by atomic mass is 9.87. The standard InChI is InChI=1S/C13H15ClO2/c1-8-3-4-10(14)12(9(8)2)13(5-6-13)7-11(15)16/h3-4H,5-7H2,1-2H3,(H,15,16). The highest BCUT2D eigenvalue weighted by Gasteiger charge is 2.48. The zero-order valence-electron chi connectivity index (χ0n) is 9.51. The van der Waals surface area contributed by atoms with Crippen molar-refractivity contribution < 1.29 is 9.90 Å². The van der Waals surface area contributed by atoms with Crippen LogP contribution in [0.2, 0.25) is 5.02 Å². The third kappa shape index (κ3) is 1.82. The molecule has 0 bridgehead atoms. The second-order valence-electron chi connectivity index (χ2n) is 4.72. The lowest BCUT2D eigenvalue weighted by Gasteiger charge is -2.19. The van der Waals surface area contributed by atoms with Crippen molar-refractivity contribution in [1.29, 1.82) is 0 Å². The normalized spacial score (nSPS) is 17.2. The molecule has 0 radical (unpaired) electrons. The van der Waals surface area contributed by atoms with Crippen molar-refractivity contribution in [2.75, 3.05) is 0 Å². The second kappa shape index (κ2) is 3.77. The number of hydrogen-bond donors (Lipinski definition) is 1. The quantitative estimate of drug-likeness (QED) is 0.876. The zero-order valence-corrected chi connectivity index (χ0v) is 10.3. The van der Waals surface area contributed by atoms with Crippen LogP contribution in [-0.2, 0) is 10.2 Å². The molecule has 1 aliphatic carbocycles. The third-order valence-corrected chi connectivity index (χ3v) is 3.87. The SMILES string of the molecule is Cc1ccc(Cl)c(C2(CC(=O)O)CC2)c1C. The summed E-state index contributed by atoms with van der Waals surface area (Å²) in [6.45, 7) is 4.06. The molecule has 0 atom stereocenters. The molecule has 1 aromatic rings. The average molecular weight is 239 g/mol. The first-order valence-electron chi connectivity index (χ1n) is 5.44. The van der Waals surface area contributed by atoms with Gasteiger partial charge in [-0.3, -0.25) is 4.79 Å². The van der Waals surface area contributed by atoms with E-state index in [1.54, 1.807) is 0 Å². The first-order chi connectivity index (χ1) is 7.46. The van der Waals surface area contributed by atoms with Gasteiger partial charge in [0.05, 0.1) is 6.42 Å². The van der Waals surface area contributed by atoms with Gasteiger partial charge in [0.25, 0.3) is 0 Å². The molecule has 1 saturated carbocycles. The number of hydrogen-bond acceptors (Lipinski definition) is 1. The molecule has 1 aromatic carbocycles. The highest BCUT2D eigenvalue weighted by molar-refractivity contribution is 6.31. The number of carboxylic acid groups (broad SMARTS) is 1. The van der Waals surface area contributed by atoms with Crippen LogP contribution in [0, 0.1) is 13.8 Å². The maximum Gasteiger partial charge on any atom is 0.304 e. The molecular formula is C13H15ClO2. The molecule has 86 valence electrons. The molecule has 0 aromatic heterocycles. The van der Waals surface area contributed by atoms with Crippen LogP contribution >= 0.6 is 11.6 Å². The van der Waals surface area contributed by atoms with Gasteiger partial charge in [-0.2, -0.15) is 0 Å². The fourth-order valence-corrected chi connectivity index (χ4v) is 2.79. The molecule has 1 aliphatic rings. The van der Waals surface area contributed by atoms with E-state index in [2.05, 4.69) is 0 Å². The van der Waals surface area contributed by atoms with Crippen LogP contribution in [-0.4, -0.2) is 11.1 Å². The summed E-state index contributed by atoms with van der Waals surface area (Å²) in [5.41, 5.74) is 3.18. The minimum atomic E-state index is -0.741. The molecule has 0 saturated heterocycles. The Morgan fingerprint density at radius 1 is 1.44 bits per heavy atom. The van der Waals surface area contributed by atoms with E-state index in [-0.39, 0.29) is 11.8 Å². The largest absolute Gasteiger partial charge is 0.481 e. The molecule has 0 unspecified atom stereocenters. The summed E-state index contributed by atoms with van der Waals surface area (Å²) in [7, 11) is 0. The smallest absolute Gasteiger partial charge is 0.304 e. The van der Waals surface area contributed by atoms with Crippen molar-refractivity contribution >= 4 is 17.6 Å². The fraction of sp³-hybridized carbons (Fsp3) is 0.462. The Hall–Kier alpha value is -1.02. The van der Waals surface area contributed by atoms with Gasteiger partial charge < -0.3 is 5.11 Å². The lowest BCUT2D eigenvalue weighted by molar-refractivity contribution is -0.137. The summed E-state index contributed by atoms with van der Waals surface area (Å²) in [6.07, 6.45) is 2.06. The first kappa shape index (κ1) is 11.5. The van der Waals surface area contributed by atoms with E-state index in [0.29, 0.717) is 5.02 Å². The van der Waals surface area contributed by atoms with Crippen LogP contribution in [0.25, 0.3) is 0 Å². The Morgan fingerprint density at radius 3 is 2.56 bits per heavy atom. The number of carboxylic acids is 1. The van der Waals surface area contributed by atoms with Gasteiger partial charge in [0.2, 0.25) is 0 Å². The van der Waals surface area contributed by atoms with Crippen molar-refractivity contribution in [1.82, 2.24) is 0 Å². The molecule has 3 heteroatoms. The van der Waals surface area contributed by atoms with Crippen molar-refractivity contribution in [2.24, 2.45) is 0 Å². The van der Waals surface area contributed by atoms with E-state index in [1.807, 2.05) is 26.0 Å². The molecule has 1 fully saturated rings. The predicted octanol–water partition coefficient (Wildman–Crippen LogP) is 3.46. The Labute approximate surface area is 100 Å². The van der Waals surface area contributed by atoms with Gasteiger partial charge in [-0.25, -0.2) is 0 Å². The average Bonchev–Trinajstić information content (AvgIpc) is 2.92. The number of aryl methyl sites for hydroxylation is 1. The van der Waals surface area contributed by atoms with E-state index < -0.39 is 5.97 Å². The van der Waals surface area contributed by atoms with Gasteiger partial charge in [-0.05, 0) is 49.4 Å². The Balaban J connectivity index is 2.48. The molecule has 0 aliphatic heterocycles. The van der Waals surface area contributed by atoms with Gasteiger partial charge in [-0.1, -0.05) is 17.7 Å². The third-order valence-electron chi connectivity index (χ3n) is 3.56. The predicted molar refractivity (Wildman–Crippen MR) is 64.1 cm³/mol. The molecule has 0 amide bonds. The minimum absolute atomic E-state index is 0.191. The Morgan fingerprint density at radius 2 is 2.06 bits per heavy atom. The molecule has 1 N–H and O–H groups in total. The molecular weight excluding hydrogens is 224 g/mol. The number of carbonyl (C=O) groups is 1.